The number of rotatable bonds is 6. The van der Waals surface area contributed by atoms with Gasteiger partial charge in [-0.3, -0.25) is 14.5 Å². The van der Waals surface area contributed by atoms with E-state index in [9.17, 15) is 9.59 Å². The van der Waals surface area contributed by atoms with E-state index >= 15 is 0 Å². The number of nitrogens with one attached hydrogen (secondary N) is 1. The largest absolute Gasteiger partial charge is 0.480 e. The van der Waals surface area contributed by atoms with Crippen molar-refractivity contribution in [2.45, 2.75) is 38.3 Å². The minimum atomic E-state index is -0.799. The van der Waals surface area contributed by atoms with E-state index in [1.807, 2.05) is 11.8 Å². The summed E-state index contributed by atoms with van der Waals surface area (Å²) in [6.45, 7) is 3.73. The molecule has 0 saturated carbocycles. The van der Waals surface area contributed by atoms with Gasteiger partial charge in [-0.1, -0.05) is 6.92 Å². The Kier molecular flexibility index (Phi) is 5.37. The molecule has 98 valence electrons. The van der Waals surface area contributed by atoms with Gasteiger partial charge in [-0.25, -0.2) is 0 Å². The Balaban J connectivity index is 2.31. The zero-order valence-electron chi connectivity index (χ0n) is 10.2. The Morgan fingerprint density at radius 3 is 2.47 bits per heavy atom. The predicted molar refractivity (Wildman–Crippen MR) is 63.5 cm³/mol. The molecule has 1 saturated heterocycles. The molecule has 4 N–H and O–H groups in total. The van der Waals surface area contributed by atoms with E-state index in [4.69, 9.17) is 10.8 Å². The maximum absolute atomic E-state index is 10.9. The van der Waals surface area contributed by atoms with Gasteiger partial charge in [0.1, 0.15) is 6.04 Å². The smallest absolute Gasteiger partial charge is 0.320 e. The third-order valence-corrected chi connectivity index (χ3v) is 3.11. The summed E-state index contributed by atoms with van der Waals surface area (Å²) in [5, 5.41) is 12.1. The van der Waals surface area contributed by atoms with Crippen LogP contribution in [0.5, 0.6) is 0 Å². The molecule has 0 aromatic heterocycles. The third-order valence-electron chi connectivity index (χ3n) is 3.11. The maximum atomic E-state index is 10.9. The van der Waals surface area contributed by atoms with E-state index < -0.39 is 12.0 Å². The van der Waals surface area contributed by atoms with Crippen molar-refractivity contribution in [1.82, 2.24) is 10.2 Å². The number of nitrogens with zero attached hydrogens (tertiary/aromatic N) is 1. The molecular weight excluding hydrogens is 222 g/mol. The first-order valence-corrected chi connectivity index (χ1v) is 6.02. The van der Waals surface area contributed by atoms with Crippen LogP contribution in [0.1, 0.15) is 26.2 Å². The SMILES string of the molecule is CCC(NC1CCN(CC(N)=O)CC1)C(=O)O. The lowest BCUT2D eigenvalue weighted by Crippen LogP contribution is -2.49. The van der Waals surface area contributed by atoms with Crippen LogP contribution in [0.3, 0.4) is 0 Å². The van der Waals surface area contributed by atoms with Gasteiger partial charge in [0.15, 0.2) is 0 Å². The van der Waals surface area contributed by atoms with Gasteiger partial charge in [-0.2, -0.15) is 0 Å². The molecule has 1 amide bonds. The lowest BCUT2D eigenvalue weighted by Gasteiger charge is -2.32. The van der Waals surface area contributed by atoms with E-state index in [0.29, 0.717) is 13.0 Å². The number of carboxylic acids is 1. The Hall–Kier alpha value is -1.14. The average molecular weight is 243 g/mol. The van der Waals surface area contributed by atoms with Crippen molar-refractivity contribution in [2.24, 2.45) is 5.73 Å². The Bertz CT molecular complexity index is 275. The molecule has 1 aliphatic rings. The molecule has 0 aromatic rings. The van der Waals surface area contributed by atoms with Crippen molar-refractivity contribution in [3.8, 4) is 0 Å². The lowest BCUT2D eigenvalue weighted by atomic mass is 10.0. The van der Waals surface area contributed by atoms with Gasteiger partial charge in [0.2, 0.25) is 5.91 Å². The van der Waals surface area contributed by atoms with Crippen LogP contribution < -0.4 is 11.1 Å². The van der Waals surface area contributed by atoms with Gasteiger partial charge >= 0.3 is 5.97 Å². The van der Waals surface area contributed by atoms with Crippen LogP contribution in [0.4, 0.5) is 0 Å². The quantitative estimate of drug-likeness (QED) is 0.578. The molecule has 1 fully saturated rings. The minimum absolute atomic E-state index is 0.222. The van der Waals surface area contributed by atoms with E-state index in [0.717, 1.165) is 25.9 Å². The monoisotopic (exact) mass is 243 g/mol. The summed E-state index contributed by atoms with van der Waals surface area (Å²) >= 11 is 0. The fourth-order valence-corrected chi connectivity index (χ4v) is 2.13. The van der Waals surface area contributed by atoms with E-state index in [-0.39, 0.29) is 11.9 Å². The number of nitrogens with two attached hydrogens (primary N) is 1. The zero-order chi connectivity index (χ0) is 12.8. The van der Waals surface area contributed by atoms with Crippen LogP contribution in [0.2, 0.25) is 0 Å². The van der Waals surface area contributed by atoms with Crippen molar-refractivity contribution in [3.05, 3.63) is 0 Å². The van der Waals surface area contributed by atoms with E-state index in [2.05, 4.69) is 5.32 Å². The second-order valence-electron chi connectivity index (χ2n) is 4.48. The number of carboxylic acid groups (broad SMARTS) is 1. The molecular formula is C11H21N3O3. The fraction of sp³-hybridized carbons (Fsp3) is 0.818. The highest BCUT2D eigenvalue weighted by Crippen LogP contribution is 2.11. The van der Waals surface area contributed by atoms with Gasteiger partial charge in [-0.05, 0) is 19.3 Å². The number of hydrogen-bond donors (Lipinski definition) is 3. The Labute approximate surface area is 101 Å². The number of hydrogen-bond acceptors (Lipinski definition) is 4. The summed E-state index contributed by atoms with van der Waals surface area (Å²) in [6.07, 6.45) is 2.30. The number of primary amides is 1. The predicted octanol–water partition coefficient (Wildman–Crippen LogP) is -0.611. The number of carbonyl (C=O) groups is 2. The summed E-state index contributed by atoms with van der Waals surface area (Å²) in [5.74, 6) is -1.11. The first-order chi connectivity index (χ1) is 8.02. The van der Waals surface area contributed by atoms with Crippen molar-refractivity contribution < 1.29 is 14.7 Å². The highest BCUT2D eigenvalue weighted by molar-refractivity contribution is 5.76. The second kappa shape index (κ2) is 6.56. The standard InChI is InChI=1S/C11H21N3O3/c1-2-9(11(16)17)13-8-3-5-14(6-4-8)7-10(12)15/h8-9,13H,2-7H2,1H3,(H2,12,15)(H,16,17). The first kappa shape index (κ1) is 13.9. The van der Waals surface area contributed by atoms with Crippen LogP contribution in [0.15, 0.2) is 0 Å². The second-order valence-corrected chi connectivity index (χ2v) is 4.48. The van der Waals surface area contributed by atoms with Crippen molar-refractivity contribution >= 4 is 11.9 Å². The number of amides is 1. The van der Waals surface area contributed by atoms with E-state index in [1.54, 1.807) is 0 Å². The summed E-state index contributed by atoms with van der Waals surface area (Å²) in [6, 6.07) is -0.247. The molecule has 0 aliphatic carbocycles. The zero-order valence-corrected chi connectivity index (χ0v) is 10.2. The van der Waals surface area contributed by atoms with Crippen LogP contribution >= 0.6 is 0 Å². The van der Waals surface area contributed by atoms with Gasteiger partial charge in [0, 0.05) is 19.1 Å². The molecule has 17 heavy (non-hydrogen) atoms. The number of carbonyl (C=O) groups excluding carboxylic acids is 1. The highest BCUT2D eigenvalue weighted by atomic mass is 16.4. The van der Waals surface area contributed by atoms with Gasteiger partial charge in [0.25, 0.3) is 0 Å². The number of aliphatic carboxylic acids is 1. The molecule has 6 heteroatoms. The average Bonchev–Trinajstić information content (AvgIpc) is 2.26. The fourth-order valence-electron chi connectivity index (χ4n) is 2.13. The topological polar surface area (TPSA) is 95.7 Å². The van der Waals surface area contributed by atoms with Crippen molar-refractivity contribution in [2.75, 3.05) is 19.6 Å². The summed E-state index contributed by atoms with van der Waals surface area (Å²) in [5.41, 5.74) is 5.13. The van der Waals surface area contributed by atoms with Crippen LogP contribution in [0.25, 0.3) is 0 Å². The van der Waals surface area contributed by atoms with Crippen LogP contribution in [-0.4, -0.2) is 53.6 Å². The molecule has 0 radical (unpaired) electrons. The molecule has 0 bridgehead atoms. The molecule has 1 atom stereocenters. The maximum Gasteiger partial charge on any atom is 0.320 e. The number of piperidine rings is 1. The molecule has 1 unspecified atom stereocenters. The molecule has 0 aromatic carbocycles. The molecule has 6 nitrogen and oxygen atoms in total. The lowest BCUT2D eigenvalue weighted by molar-refractivity contribution is -0.139. The minimum Gasteiger partial charge on any atom is -0.480 e. The Morgan fingerprint density at radius 2 is 2.06 bits per heavy atom. The molecule has 1 rings (SSSR count). The summed E-state index contributed by atoms with van der Waals surface area (Å²) < 4.78 is 0. The Morgan fingerprint density at radius 1 is 1.47 bits per heavy atom. The normalized spacial score (nSPS) is 20.1. The van der Waals surface area contributed by atoms with Gasteiger partial charge in [0.05, 0.1) is 6.54 Å². The van der Waals surface area contributed by atoms with Gasteiger partial charge in [-0.15, -0.1) is 0 Å². The molecule has 1 aliphatic heterocycles. The summed E-state index contributed by atoms with van der Waals surface area (Å²) in [7, 11) is 0. The molecule has 0 spiro atoms. The van der Waals surface area contributed by atoms with Crippen LogP contribution in [0, 0.1) is 0 Å². The van der Waals surface area contributed by atoms with Gasteiger partial charge < -0.3 is 16.2 Å². The number of likely N-dealkylation sites (tertiary alicyclic amines) is 1. The van der Waals surface area contributed by atoms with Crippen molar-refractivity contribution in [1.29, 1.82) is 0 Å². The highest BCUT2D eigenvalue weighted by Gasteiger charge is 2.24. The summed E-state index contributed by atoms with van der Waals surface area (Å²) in [4.78, 5) is 23.6. The first-order valence-electron chi connectivity index (χ1n) is 6.02. The van der Waals surface area contributed by atoms with E-state index in [1.165, 1.54) is 0 Å². The van der Waals surface area contributed by atoms with Crippen LogP contribution in [-0.2, 0) is 9.59 Å². The third kappa shape index (κ3) is 4.70. The molecule has 1 heterocycles. The van der Waals surface area contributed by atoms with Crippen molar-refractivity contribution in [3.63, 3.8) is 0 Å².